The molecule has 0 saturated carbocycles. The van der Waals surface area contributed by atoms with Crippen molar-refractivity contribution in [2.24, 2.45) is 5.73 Å². The van der Waals surface area contributed by atoms with Gasteiger partial charge in [0.05, 0.1) is 5.54 Å². The minimum atomic E-state index is -0.227. The average Bonchev–Trinajstić information content (AvgIpc) is 1.89. The van der Waals surface area contributed by atoms with Crippen LogP contribution in [0.3, 0.4) is 0 Å². The molecule has 0 aromatic carbocycles. The van der Waals surface area contributed by atoms with Crippen molar-refractivity contribution >= 4 is 0 Å². The summed E-state index contributed by atoms with van der Waals surface area (Å²) in [5.74, 6) is 5.82. The summed E-state index contributed by atoms with van der Waals surface area (Å²) in [5, 5.41) is 0. The largest absolute Gasteiger partial charge is 0.344 e. The molecule has 0 radical (unpaired) electrons. The molecule has 2 heteroatoms. The highest BCUT2D eigenvalue weighted by Crippen LogP contribution is 2.08. The van der Waals surface area contributed by atoms with Gasteiger partial charge < -0.3 is 11.9 Å². The fourth-order valence-corrected chi connectivity index (χ4v) is 0.676. The summed E-state index contributed by atoms with van der Waals surface area (Å²) >= 11 is 0. The first kappa shape index (κ1) is 12.2. The summed E-state index contributed by atoms with van der Waals surface area (Å²) in [6.45, 7) is 5.95. The molecule has 0 atom stereocenters. The monoisotopic (exact) mass is 142 g/mol. The van der Waals surface area contributed by atoms with Gasteiger partial charge in [-0.15, -0.1) is 5.92 Å². The van der Waals surface area contributed by atoms with Gasteiger partial charge in [0.25, 0.3) is 0 Å². The normalized spacial score (nSPS) is 9.20. The predicted octanol–water partition coefficient (Wildman–Crippen LogP) is 1.69. The fraction of sp³-hybridized carbons (Fsp3) is 0.750. The maximum atomic E-state index is 5.83. The Hall–Kier alpha value is -0.520. The van der Waals surface area contributed by atoms with E-state index in [1.54, 1.807) is 0 Å². The summed E-state index contributed by atoms with van der Waals surface area (Å²) in [5.41, 5.74) is 5.61. The number of hydrogen-bond donors (Lipinski definition) is 2. The van der Waals surface area contributed by atoms with Crippen molar-refractivity contribution in [2.45, 2.75) is 39.2 Å². The Morgan fingerprint density at radius 1 is 1.30 bits per heavy atom. The Labute approximate surface area is 63.8 Å². The third-order valence-electron chi connectivity index (χ3n) is 1.64. The van der Waals surface area contributed by atoms with E-state index in [4.69, 9.17) is 5.73 Å². The molecule has 0 spiro atoms. The van der Waals surface area contributed by atoms with Gasteiger partial charge in [-0.25, -0.2) is 0 Å². The highest BCUT2D eigenvalue weighted by atomic mass is 14.7. The Bertz CT molecular complexity index is 126. The van der Waals surface area contributed by atoms with E-state index in [1.807, 2.05) is 6.92 Å². The molecule has 0 aliphatic rings. The predicted molar refractivity (Wildman–Crippen MR) is 46.0 cm³/mol. The highest BCUT2D eigenvalue weighted by molar-refractivity contribution is 5.14. The van der Waals surface area contributed by atoms with Crippen LogP contribution in [0.4, 0.5) is 0 Å². The first-order valence-corrected chi connectivity index (χ1v) is 3.41. The van der Waals surface area contributed by atoms with Gasteiger partial charge in [0.15, 0.2) is 0 Å². The second-order valence-electron chi connectivity index (χ2n) is 2.24. The number of nitrogens with two attached hydrogens (primary N) is 1. The molecule has 0 amide bonds. The van der Waals surface area contributed by atoms with Crippen LogP contribution in [-0.2, 0) is 0 Å². The highest BCUT2D eigenvalue weighted by Gasteiger charge is 2.15. The molecular formula is C8H18N2. The van der Waals surface area contributed by atoms with E-state index in [2.05, 4.69) is 25.7 Å². The van der Waals surface area contributed by atoms with Gasteiger partial charge in [-0.2, -0.15) is 0 Å². The zero-order chi connectivity index (χ0) is 7.33. The van der Waals surface area contributed by atoms with Gasteiger partial charge in [0, 0.05) is 0 Å². The molecule has 60 valence electrons. The van der Waals surface area contributed by atoms with Crippen LogP contribution >= 0.6 is 0 Å². The van der Waals surface area contributed by atoms with Crippen molar-refractivity contribution in [2.75, 3.05) is 0 Å². The molecule has 2 nitrogen and oxygen atoms in total. The lowest BCUT2D eigenvalue weighted by Crippen LogP contribution is -2.36. The van der Waals surface area contributed by atoms with E-state index >= 15 is 0 Å². The van der Waals surface area contributed by atoms with Crippen molar-refractivity contribution in [3.8, 4) is 11.8 Å². The molecule has 0 fully saturated rings. The van der Waals surface area contributed by atoms with Crippen molar-refractivity contribution in [3.63, 3.8) is 0 Å². The van der Waals surface area contributed by atoms with Gasteiger partial charge in [-0.3, -0.25) is 0 Å². The summed E-state index contributed by atoms with van der Waals surface area (Å²) in [6.07, 6.45) is 1.87. The molecule has 0 heterocycles. The minimum Gasteiger partial charge on any atom is -0.344 e. The Balaban J connectivity index is 0. The molecule has 0 aliphatic carbocycles. The van der Waals surface area contributed by atoms with Crippen LogP contribution in [-0.4, -0.2) is 5.54 Å². The molecule has 0 aromatic heterocycles. The van der Waals surface area contributed by atoms with Gasteiger partial charge in [-0.05, 0) is 19.8 Å². The molecule has 5 N–H and O–H groups in total. The van der Waals surface area contributed by atoms with Gasteiger partial charge in [0.2, 0.25) is 0 Å². The Morgan fingerprint density at radius 2 is 1.70 bits per heavy atom. The lowest BCUT2D eigenvalue weighted by molar-refractivity contribution is 0.512. The van der Waals surface area contributed by atoms with Crippen molar-refractivity contribution in [1.29, 1.82) is 0 Å². The quantitative estimate of drug-likeness (QED) is 0.576. The number of rotatable bonds is 2. The maximum Gasteiger partial charge on any atom is 0.0770 e. The second kappa shape index (κ2) is 5.28. The molecule has 0 rings (SSSR count). The lowest BCUT2D eigenvalue weighted by atomic mass is 9.95. The van der Waals surface area contributed by atoms with E-state index in [0.717, 1.165) is 12.8 Å². The molecule has 0 aromatic rings. The summed E-state index contributed by atoms with van der Waals surface area (Å²) < 4.78 is 0. The third-order valence-corrected chi connectivity index (χ3v) is 1.64. The van der Waals surface area contributed by atoms with E-state index < -0.39 is 0 Å². The van der Waals surface area contributed by atoms with Gasteiger partial charge >= 0.3 is 0 Å². The standard InChI is InChI=1S/C8H15N.H3N/c1-4-7-8(9,5-2)6-3;/h5-6,9H2,1-3H3;1H3. The Kier molecular flexibility index (Phi) is 6.43. The second-order valence-corrected chi connectivity index (χ2v) is 2.24. The molecule has 0 bridgehead atoms. The molecule has 0 saturated heterocycles. The van der Waals surface area contributed by atoms with E-state index in [1.165, 1.54) is 0 Å². The van der Waals surface area contributed by atoms with Crippen LogP contribution in [0.1, 0.15) is 33.6 Å². The smallest absolute Gasteiger partial charge is 0.0770 e. The maximum absolute atomic E-state index is 5.83. The van der Waals surface area contributed by atoms with Crippen LogP contribution < -0.4 is 11.9 Å². The summed E-state index contributed by atoms with van der Waals surface area (Å²) in [6, 6.07) is 0. The first-order chi connectivity index (χ1) is 4.18. The zero-order valence-corrected chi connectivity index (χ0v) is 7.20. The first-order valence-electron chi connectivity index (χ1n) is 3.41. The molecule has 0 unspecified atom stereocenters. The van der Waals surface area contributed by atoms with Crippen LogP contribution in [0.2, 0.25) is 0 Å². The lowest BCUT2D eigenvalue weighted by Gasteiger charge is -2.18. The van der Waals surface area contributed by atoms with Crippen LogP contribution in [0.15, 0.2) is 0 Å². The van der Waals surface area contributed by atoms with E-state index in [0.29, 0.717) is 0 Å². The van der Waals surface area contributed by atoms with Crippen LogP contribution in [0.5, 0.6) is 0 Å². The number of hydrogen-bond acceptors (Lipinski definition) is 2. The summed E-state index contributed by atoms with van der Waals surface area (Å²) in [4.78, 5) is 0. The minimum absolute atomic E-state index is 0. The van der Waals surface area contributed by atoms with Crippen LogP contribution in [0.25, 0.3) is 0 Å². The average molecular weight is 142 g/mol. The van der Waals surface area contributed by atoms with Crippen LogP contribution in [0, 0.1) is 11.8 Å². The summed E-state index contributed by atoms with van der Waals surface area (Å²) in [7, 11) is 0. The topological polar surface area (TPSA) is 61.0 Å². The SMILES string of the molecule is CC#CC(N)(CC)CC.N. The van der Waals surface area contributed by atoms with E-state index in [-0.39, 0.29) is 11.7 Å². The van der Waals surface area contributed by atoms with Gasteiger partial charge in [0.1, 0.15) is 0 Å². The van der Waals surface area contributed by atoms with Crippen molar-refractivity contribution in [3.05, 3.63) is 0 Å². The Morgan fingerprint density at radius 3 is 1.80 bits per heavy atom. The fourth-order valence-electron chi connectivity index (χ4n) is 0.676. The molecular weight excluding hydrogens is 124 g/mol. The van der Waals surface area contributed by atoms with Crippen molar-refractivity contribution < 1.29 is 0 Å². The van der Waals surface area contributed by atoms with E-state index in [9.17, 15) is 0 Å². The van der Waals surface area contributed by atoms with Crippen molar-refractivity contribution in [1.82, 2.24) is 6.15 Å². The van der Waals surface area contributed by atoms with Gasteiger partial charge in [-0.1, -0.05) is 19.8 Å². The molecule has 10 heavy (non-hydrogen) atoms. The zero-order valence-electron chi connectivity index (χ0n) is 7.20. The third kappa shape index (κ3) is 3.49. The molecule has 0 aliphatic heterocycles.